The molecule has 0 fully saturated rings. The van der Waals surface area contributed by atoms with Crippen LogP contribution in [0.5, 0.6) is 0 Å². The first kappa shape index (κ1) is 22.3. The molecule has 0 radical (unpaired) electrons. The lowest BCUT2D eigenvalue weighted by atomic mass is 9.92. The Balaban J connectivity index is 1.60. The molecule has 1 aromatic heterocycles. The first-order valence-corrected chi connectivity index (χ1v) is 11.8. The van der Waals surface area contributed by atoms with Crippen molar-refractivity contribution >= 4 is 45.3 Å². The highest BCUT2D eigenvalue weighted by molar-refractivity contribution is 7.90. The van der Waals surface area contributed by atoms with E-state index in [0.717, 1.165) is 16.8 Å². The first-order valence-electron chi connectivity index (χ1n) is 9.64. The van der Waals surface area contributed by atoms with E-state index in [1.54, 1.807) is 29.6 Å². The third-order valence-corrected chi connectivity index (χ3v) is 6.70. The zero-order valence-electron chi connectivity index (χ0n) is 17.0. The summed E-state index contributed by atoms with van der Waals surface area (Å²) in [5.41, 5.74) is 2.75. The highest BCUT2D eigenvalue weighted by atomic mass is 35.5. The predicted octanol–water partition coefficient (Wildman–Crippen LogP) is 4.46. The summed E-state index contributed by atoms with van der Waals surface area (Å²) in [6.07, 6.45) is 4.76. The molecule has 1 aliphatic heterocycles. The molecule has 0 amide bonds. The highest BCUT2D eigenvalue weighted by Crippen LogP contribution is 2.29. The Morgan fingerprint density at radius 2 is 1.72 bits per heavy atom. The first-order chi connectivity index (χ1) is 15.3. The number of rotatable bonds is 6. The highest BCUT2D eigenvalue weighted by Gasteiger charge is 2.31. The second-order valence-corrected chi connectivity index (χ2v) is 9.61. The third-order valence-electron chi connectivity index (χ3n) is 4.95. The Morgan fingerprint density at radius 3 is 2.34 bits per heavy atom. The molecule has 1 aliphatic rings. The molecule has 1 unspecified atom stereocenters. The van der Waals surface area contributed by atoms with Crippen LogP contribution in [-0.4, -0.2) is 49.2 Å². The summed E-state index contributed by atoms with van der Waals surface area (Å²) >= 11 is 11.9. The Bertz CT molecular complexity index is 1250. The van der Waals surface area contributed by atoms with Crippen molar-refractivity contribution in [3.05, 3.63) is 94.2 Å². The lowest BCUT2D eigenvalue weighted by molar-refractivity contribution is 0.0920. The van der Waals surface area contributed by atoms with Gasteiger partial charge in [-0.15, -0.1) is 4.40 Å². The van der Waals surface area contributed by atoms with E-state index in [-0.39, 0.29) is 10.8 Å². The Morgan fingerprint density at radius 1 is 1.06 bits per heavy atom. The van der Waals surface area contributed by atoms with Crippen molar-refractivity contribution in [1.29, 1.82) is 0 Å². The van der Waals surface area contributed by atoms with Crippen molar-refractivity contribution in [2.75, 3.05) is 13.6 Å². The van der Waals surface area contributed by atoms with E-state index < -0.39 is 10.0 Å². The van der Waals surface area contributed by atoms with Gasteiger partial charge in [0.1, 0.15) is 6.34 Å². The largest absolute Gasteiger partial charge is 0.283 e. The fourth-order valence-electron chi connectivity index (χ4n) is 3.27. The van der Waals surface area contributed by atoms with Crippen LogP contribution < -0.4 is 0 Å². The summed E-state index contributed by atoms with van der Waals surface area (Å²) in [5.74, 6) is -0.0615. The number of hydrogen-bond acceptors (Lipinski definition) is 5. The second kappa shape index (κ2) is 9.28. The van der Waals surface area contributed by atoms with Crippen molar-refractivity contribution in [3.63, 3.8) is 0 Å². The number of benzene rings is 2. The zero-order valence-corrected chi connectivity index (χ0v) is 19.3. The lowest BCUT2D eigenvalue weighted by Crippen LogP contribution is -2.34. The molecule has 3 aromatic rings. The average Bonchev–Trinajstić information content (AvgIpc) is 3.24. The summed E-state index contributed by atoms with van der Waals surface area (Å²) < 4.78 is 28.8. The number of halogens is 2. The van der Waals surface area contributed by atoms with Gasteiger partial charge in [-0.3, -0.25) is 9.99 Å². The van der Waals surface area contributed by atoms with Crippen LogP contribution in [0.4, 0.5) is 0 Å². The Kier molecular flexibility index (Phi) is 6.45. The second-order valence-electron chi connectivity index (χ2n) is 7.11. The molecule has 0 saturated heterocycles. The summed E-state index contributed by atoms with van der Waals surface area (Å²) in [6, 6.07) is 17.2. The van der Waals surface area contributed by atoms with Gasteiger partial charge < -0.3 is 0 Å². The maximum absolute atomic E-state index is 12.5. The topological polar surface area (TPSA) is 78.2 Å². The molecule has 10 heteroatoms. The van der Waals surface area contributed by atoms with E-state index >= 15 is 0 Å². The van der Waals surface area contributed by atoms with Gasteiger partial charge in [0.15, 0.2) is 0 Å². The van der Waals surface area contributed by atoms with Crippen molar-refractivity contribution in [1.82, 2.24) is 15.1 Å². The van der Waals surface area contributed by atoms with Crippen LogP contribution in [0.3, 0.4) is 0 Å². The molecule has 1 atom stereocenters. The molecule has 0 N–H and O–H groups in total. The quantitative estimate of drug-likeness (QED) is 0.378. The van der Waals surface area contributed by atoms with Gasteiger partial charge >= 0.3 is 0 Å². The van der Waals surface area contributed by atoms with Crippen LogP contribution >= 0.6 is 23.2 Å². The SMILES string of the molecule is CN(C=NS(=O)(=O)c1ccc(Cl)cc1)N1CC(c2cccnc2)C(c2ccc(Cl)cc2)=N1. The Hall–Kier alpha value is -2.94. The number of nitrogens with zero attached hydrogens (tertiary/aromatic N) is 5. The van der Waals surface area contributed by atoms with Crippen LogP contribution in [0.2, 0.25) is 10.0 Å². The van der Waals surface area contributed by atoms with Crippen molar-refractivity contribution in [3.8, 4) is 0 Å². The van der Waals surface area contributed by atoms with Gasteiger partial charge in [0.2, 0.25) is 0 Å². The molecule has 4 rings (SSSR count). The van der Waals surface area contributed by atoms with Gasteiger partial charge in [-0.05, 0) is 53.6 Å². The van der Waals surface area contributed by atoms with Gasteiger partial charge in [0.05, 0.1) is 23.1 Å². The molecule has 164 valence electrons. The fourth-order valence-corrected chi connectivity index (χ4v) is 4.38. The standard InChI is InChI=1S/C22H19Cl2N5O2S/c1-28(15-26-32(30,31)20-10-8-19(24)9-11-20)29-14-21(17-3-2-12-25-13-17)22(27-29)16-4-6-18(23)7-5-16/h2-13,15,21H,14H2,1H3. The minimum atomic E-state index is -3.87. The number of sulfonamides is 1. The van der Waals surface area contributed by atoms with E-state index in [1.165, 1.54) is 30.6 Å². The van der Waals surface area contributed by atoms with Crippen molar-refractivity contribution in [2.24, 2.45) is 9.50 Å². The smallest absolute Gasteiger partial charge is 0.264 e. The predicted molar refractivity (Wildman–Crippen MR) is 127 cm³/mol. The van der Waals surface area contributed by atoms with E-state index in [0.29, 0.717) is 16.6 Å². The summed E-state index contributed by atoms with van der Waals surface area (Å²) in [6.45, 7) is 0.493. The molecule has 0 saturated carbocycles. The molecular formula is C22H19Cl2N5O2S. The van der Waals surface area contributed by atoms with Crippen LogP contribution in [0.1, 0.15) is 17.0 Å². The van der Waals surface area contributed by atoms with Crippen LogP contribution in [0, 0.1) is 0 Å². The van der Waals surface area contributed by atoms with Crippen LogP contribution in [-0.2, 0) is 10.0 Å². The van der Waals surface area contributed by atoms with Gasteiger partial charge in [0.25, 0.3) is 10.0 Å². The van der Waals surface area contributed by atoms with E-state index in [1.807, 2.05) is 36.4 Å². The maximum Gasteiger partial charge on any atom is 0.283 e. The molecule has 7 nitrogen and oxygen atoms in total. The maximum atomic E-state index is 12.5. The summed E-state index contributed by atoms with van der Waals surface area (Å²) in [4.78, 5) is 4.29. The molecular weight excluding hydrogens is 469 g/mol. The van der Waals surface area contributed by atoms with E-state index in [4.69, 9.17) is 28.3 Å². The Labute approximate surface area is 196 Å². The normalized spacial score (nSPS) is 16.4. The van der Waals surface area contributed by atoms with Crippen LogP contribution in [0.15, 0.2) is 87.5 Å². The van der Waals surface area contributed by atoms with Gasteiger partial charge in [-0.1, -0.05) is 41.4 Å². The van der Waals surface area contributed by atoms with Gasteiger partial charge in [0, 0.05) is 29.5 Å². The molecule has 2 aromatic carbocycles. The average molecular weight is 488 g/mol. The number of hydrazine groups is 1. The third kappa shape index (κ3) is 4.93. The summed E-state index contributed by atoms with van der Waals surface area (Å²) in [5, 5.41) is 9.03. The van der Waals surface area contributed by atoms with Crippen LogP contribution in [0.25, 0.3) is 0 Å². The molecule has 0 aliphatic carbocycles. The minimum Gasteiger partial charge on any atom is -0.264 e. The lowest BCUT2D eigenvalue weighted by Gasteiger charge is -2.24. The number of hydrogen-bond donors (Lipinski definition) is 0. The molecule has 0 spiro atoms. The van der Waals surface area contributed by atoms with Crippen molar-refractivity contribution in [2.45, 2.75) is 10.8 Å². The van der Waals surface area contributed by atoms with Gasteiger partial charge in [-0.25, -0.2) is 5.12 Å². The zero-order chi connectivity index (χ0) is 22.7. The van der Waals surface area contributed by atoms with E-state index in [2.05, 4.69) is 9.38 Å². The monoisotopic (exact) mass is 487 g/mol. The van der Waals surface area contributed by atoms with Gasteiger partial charge in [-0.2, -0.15) is 13.5 Å². The molecule has 32 heavy (non-hydrogen) atoms. The number of hydrazone groups is 1. The molecule has 0 bridgehead atoms. The van der Waals surface area contributed by atoms with E-state index in [9.17, 15) is 8.42 Å². The molecule has 2 heterocycles. The summed E-state index contributed by atoms with van der Waals surface area (Å²) in [7, 11) is -2.18. The number of pyridine rings is 1. The number of aromatic nitrogens is 1. The minimum absolute atomic E-state index is 0.0615. The fraction of sp³-hybridized carbons (Fsp3) is 0.136. The van der Waals surface area contributed by atoms with Crippen molar-refractivity contribution < 1.29 is 8.42 Å².